The topological polar surface area (TPSA) is 29.9 Å². The summed E-state index contributed by atoms with van der Waals surface area (Å²) in [7, 11) is -6.00. The summed E-state index contributed by atoms with van der Waals surface area (Å²) in [5.74, 6) is 0. The van der Waals surface area contributed by atoms with E-state index in [-0.39, 0.29) is 0 Å². The van der Waals surface area contributed by atoms with Crippen molar-refractivity contribution < 1.29 is 17.3 Å². The van der Waals surface area contributed by atoms with Gasteiger partial charge in [0, 0.05) is 12.4 Å². The monoisotopic (exact) mass is 268 g/mol. The van der Waals surface area contributed by atoms with E-state index in [1.807, 2.05) is 18.7 Å². The molecule has 0 fully saturated rings. The van der Waals surface area contributed by atoms with Crippen LogP contribution in [-0.4, -0.2) is 23.4 Å². The predicted molar refractivity (Wildman–Crippen MR) is 64.7 cm³/mol. The Hall–Kier alpha value is -1.05. The van der Waals surface area contributed by atoms with E-state index in [1.54, 1.807) is 0 Å². The maximum Gasteiger partial charge on any atom is 0.673 e. The van der Waals surface area contributed by atoms with Crippen LogP contribution in [0.3, 0.4) is 0 Å². The molecule has 0 bridgehead atoms. The standard InChI is InChI=1S/C10H19N3.BF4/c1-3-5-10(12-6-4-2)13-8-7-11-9-13;2-1(3,4)5/h7-10,12H,3-6H2,1-2H3;/q;-1. The molecule has 0 saturated heterocycles. The summed E-state index contributed by atoms with van der Waals surface area (Å²) >= 11 is 0. The first-order valence-corrected chi connectivity index (χ1v) is 5.96. The lowest BCUT2D eigenvalue weighted by atomic mass is 10.2. The molecule has 1 atom stereocenters. The smallest absolute Gasteiger partial charge is 0.418 e. The van der Waals surface area contributed by atoms with Crippen LogP contribution in [0.15, 0.2) is 18.7 Å². The van der Waals surface area contributed by atoms with Crippen molar-refractivity contribution in [2.45, 2.75) is 39.3 Å². The SMILES string of the molecule is CCCNC(CCC)n1ccnc1.F[B-](F)(F)F. The van der Waals surface area contributed by atoms with E-state index in [1.165, 1.54) is 12.8 Å². The van der Waals surface area contributed by atoms with E-state index >= 15 is 0 Å². The molecule has 1 heterocycles. The Morgan fingerprint density at radius 3 is 2.22 bits per heavy atom. The third-order valence-corrected chi connectivity index (χ3v) is 2.08. The van der Waals surface area contributed by atoms with Crippen LogP contribution in [0.4, 0.5) is 17.3 Å². The van der Waals surface area contributed by atoms with E-state index in [4.69, 9.17) is 0 Å². The normalized spacial score (nSPS) is 12.8. The maximum absolute atomic E-state index is 9.75. The van der Waals surface area contributed by atoms with Crippen LogP contribution in [0.2, 0.25) is 0 Å². The Balaban J connectivity index is 0.000000494. The van der Waals surface area contributed by atoms with Crippen molar-refractivity contribution in [3.8, 4) is 0 Å². The zero-order chi connectivity index (χ0) is 14.0. The first-order valence-electron chi connectivity index (χ1n) is 5.96. The largest absolute Gasteiger partial charge is 0.673 e. The molecule has 18 heavy (non-hydrogen) atoms. The average molecular weight is 268 g/mol. The second-order valence-corrected chi connectivity index (χ2v) is 3.76. The molecule has 0 aliphatic carbocycles. The van der Waals surface area contributed by atoms with Crippen molar-refractivity contribution >= 4 is 7.25 Å². The van der Waals surface area contributed by atoms with Gasteiger partial charge in [0.25, 0.3) is 0 Å². The van der Waals surface area contributed by atoms with Gasteiger partial charge < -0.3 is 21.8 Å². The molecule has 1 rings (SSSR count). The number of hydrogen-bond donors (Lipinski definition) is 1. The molecule has 1 aromatic heterocycles. The lowest BCUT2D eigenvalue weighted by Gasteiger charge is -2.18. The molecule has 0 aromatic carbocycles. The third-order valence-electron chi connectivity index (χ3n) is 2.08. The summed E-state index contributed by atoms with van der Waals surface area (Å²) in [5, 5.41) is 3.50. The van der Waals surface area contributed by atoms with Gasteiger partial charge in [0.15, 0.2) is 0 Å². The van der Waals surface area contributed by atoms with Gasteiger partial charge >= 0.3 is 7.25 Å². The average Bonchev–Trinajstić information content (AvgIpc) is 2.75. The molecule has 106 valence electrons. The highest BCUT2D eigenvalue weighted by molar-refractivity contribution is 6.50. The lowest BCUT2D eigenvalue weighted by molar-refractivity contribution is 0.368. The highest BCUT2D eigenvalue weighted by Gasteiger charge is 2.20. The fraction of sp³-hybridized carbons (Fsp3) is 0.700. The summed E-state index contributed by atoms with van der Waals surface area (Å²) in [6.07, 6.45) is 9.68. The first-order chi connectivity index (χ1) is 8.38. The Morgan fingerprint density at radius 1 is 1.22 bits per heavy atom. The molecule has 3 nitrogen and oxygen atoms in total. The minimum Gasteiger partial charge on any atom is -0.418 e. The van der Waals surface area contributed by atoms with Crippen molar-refractivity contribution in [3.05, 3.63) is 18.7 Å². The Morgan fingerprint density at radius 2 is 1.83 bits per heavy atom. The van der Waals surface area contributed by atoms with Gasteiger partial charge in [-0.3, -0.25) is 5.32 Å². The number of aromatic nitrogens is 2. The number of rotatable bonds is 6. The maximum atomic E-state index is 9.75. The van der Waals surface area contributed by atoms with Crippen LogP contribution < -0.4 is 5.32 Å². The van der Waals surface area contributed by atoms with Gasteiger partial charge in [-0.25, -0.2) is 4.98 Å². The number of hydrogen-bond acceptors (Lipinski definition) is 2. The number of halogens is 4. The molecule has 0 spiro atoms. The van der Waals surface area contributed by atoms with Crippen molar-refractivity contribution in [2.75, 3.05) is 6.54 Å². The minimum absolute atomic E-state index is 0.424. The summed E-state index contributed by atoms with van der Waals surface area (Å²) in [6, 6.07) is 0. The fourth-order valence-corrected chi connectivity index (χ4v) is 1.39. The second kappa shape index (κ2) is 8.96. The molecule has 0 amide bonds. The quantitative estimate of drug-likeness (QED) is 0.632. The van der Waals surface area contributed by atoms with Crippen LogP contribution in [0, 0.1) is 0 Å². The van der Waals surface area contributed by atoms with Crippen molar-refractivity contribution in [1.82, 2.24) is 14.9 Å². The Bertz CT molecular complexity index is 284. The molecular weight excluding hydrogens is 249 g/mol. The number of imidazole rings is 1. The fourth-order valence-electron chi connectivity index (χ4n) is 1.39. The van der Waals surface area contributed by atoms with Crippen LogP contribution in [0.1, 0.15) is 39.3 Å². The van der Waals surface area contributed by atoms with E-state index in [0.29, 0.717) is 6.17 Å². The number of nitrogens with one attached hydrogen (secondary N) is 1. The molecule has 8 heteroatoms. The second-order valence-electron chi connectivity index (χ2n) is 3.76. The molecule has 0 aliphatic rings. The summed E-state index contributed by atoms with van der Waals surface area (Å²) in [4.78, 5) is 4.06. The Labute approximate surface area is 105 Å². The van der Waals surface area contributed by atoms with Crippen LogP contribution in [0.25, 0.3) is 0 Å². The van der Waals surface area contributed by atoms with Gasteiger partial charge in [-0.1, -0.05) is 20.3 Å². The van der Waals surface area contributed by atoms with Gasteiger partial charge in [-0.2, -0.15) is 0 Å². The van der Waals surface area contributed by atoms with Gasteiger partial charge in [0.1, 0.15) is 0 Å². The van der Waals surface area contributed by atoms with E-state index in [0.717, 1.165) is 13.0 Å². The van der Waals surface area contributed by atoms with E-state index in [2.05, 4.69) is 28.7 Å². The molecule has 0 aliphatic heterocycles. The van der Waals surface area contributed by atoms with Gasteiger partial charge in [-0.15, -0.1) is 0 Å². The van der Waals surface area contributed by atoms with Gasteiger partial charge in [0.2, 0.25) is 0 Å². The van der Waals surface area contributed by atoms with Crippen LogP contribution >= 0.6 is 0 Å². The summed E-state index contributed by atoms with van der Waals surface area (Å²) in [5.41, 5.74) is 0. The summed E-state index contributed by atoms with van der Waals surface area (Å²) in [6.45, 7) is 5.46. The highest BCUT2D eigenvalue weighted by atomic mass is 19.5. The molecule has 0 radical (unpaired) electrons. The lowest BCUT2D eigenvalue weighted by Crippen LogP contribution is -2.26. The number of nitrogens with zero attached hydrogens (tertiary/aromatic N) is 2. The van der Waals surface area contributed by atoms with Crippen molar-refractivity contribution in [3.63, 3.8) is 0 Å². The molecule has 1 N–H and O–H groups in total. The van der Waals surface area contributed by atoms with E-state index in [9.17, 15) is 17.3 Å². The minimum atomic E-state index is -6.00. The summed E-state index contributed by atoms with van der Waals surface area (Å²) < 4.78 is 41.1. The Kier molecular flexibility index (Phi) is 8.44. The molecule has 1 unspecified atom stereocenters. The van der Waals surface area contributed by atoms with Crippen molar-refractivity contribution in [2.24, 2.45) is 0 Å². The van der Waals surface area contributed by atoms with Gasteiger partial charge in [-0.05, 0) is 19.4 Å². The van der Waals surface area contributed by atoms with Crippen LogP contribution in [-0.2, 0) is 0 Å². The molecule has 1 aromatic rings. The van der Waals surface area contributed by atoms with Crippen molar-refractivity contribution in [1.29, 1.82) is 0 Å². The molecule has 0 saturated carbocycles. The first kappa shape index (κ1) is 17.0. The highest BCUT2D eigenvalue weighted by Crippen LogP contribution is 2.09. The zero-order valence-corrected chi connectivity index (χ0v) is 10.6. The van der Waals surface area contributed by atoms with Crippen LogP contribution in [0.5, 0.6) is 0 Å². The van der Waals surface area contributed by atoms with Gasteiger partial charge in [0.05, 0.1) is 12.5 Å². The molecular formula is C10H19BF4N3-. The predicted octanol–water partition coefficient (Wildman–Crippen LogP) is 3.48. The zero-order valence-electron chi connectivity index (χ0n) is 10.6. The third kappa shape index (κ3) is 10.1. The van der Waals surface area contributed by atoms with E-state index < -0.39 is 7.25 Å².